The number of hydrogen-bond donors (Lipinski definition) is 2. The molecule has 3 heterocycles. The van der Waals surface area contributed by atoms with Gasteiger partial charge in [-0.15, -0.1) is 0 Å². The third-order valence-corrected chi connectivity index (χ3v) is 6.62. The van der Waals surface area contributed by atoms with Gasteiger partial charge < -0.3 is 14.7 Å². The van der Waals surface area contributed by atoms with Crippen LogP contribution in [-0.4, -0.2) is 30.6 Å². The predicted molar refractivity (Wildman–Crippen MR) is 143 cm³/mol. The smallest absolute Gasteiger partial charge is 0.354 e. The number of aromatic amines is 1. The minimum atomic E-state index is -1.06. The molecule has 6 aromatic rings. The van der Waals surface area contributed by atoms with E-state index < -0.39 is 5.97 Å². The fourth-order valence-corrected chi connectivity index (χ4v) is 5.02. The zero-order chi connectivity index (χ0) is 25.0. The van der Waals surface area contributed by atoms with E-state index in [0.717, 1.165) is 61.1 Å². The van der Waals surface area contributed by atoms with Crippen molar-refractivity contribution in [3.8, 4) is 33.8 Å². The number of fused-ring (bicyclic) bond motifs is 2. The maximum Gasteiger partial charge on any atom is 0.354 e. The lowest BCUT2D eigenvalue weighted by Gasteiger charge is -2.10. The van der Waals surface area contributed by atoms with Crippen molar-refractivity contribution in [1.82, 2.24) is 19.5 Å². The Morgan fingerprint density at radius 1 is 0.861 bits per heavy atom. The van der Waals surface area contributed by atoms with Gasteiger partial charge in [-0.2, -0.15) is 0 Å². The molecule has 6 heteroatoms. The van der Waals surface area contributed by atoms with Crippen LogP contribution in [0.15, 0.2) is 79.0 Å². The van der Waals surface area contributed by atoms with Crippen LogP contribution in [0, 0.1) is 13.8 Å². The van der Waals surface area contributed by atoms with E-state index in [1.807, 2.05) is 63.5 Å². The Morgan fingerprint density at radius 2 is 1.58 bits per heavy atom. The lowest BCUT2D eigenvalue weighted by atomic mass is 9.98. The molecule has 0 bridgehead atoms. The van der Waals surface area contributed by atoms with Crippen LogP contribution >= 0.6 is 0 Å². The molecule has 0 unspecified atom stereocenters. The molecule has 3 aromatic heterocycles. The summed E-state index contributed by atoms with van der Waals surface area (Å²) >= 11 is 0. The Labute approximate surface area is 207 Å². The van der Waals surface area contributed by atoms with Crippen molar-refractivity contribution in [3.05, 3.63) is 95.8 Å². The number of aryl methyl sites for hydroxylation is 3. The second-order valence-electron chi connectivity index (χ2n) is 9.22. The maximum absolute atomic E-state index is 12.0. The number of hydrogen-bond acceptors (Lipinski definition) is 3. The first-order valence-corrected chi connectivity index (χ1v) is 11.8. The molecule has 0 atom stereocenters. The number of imidazole rings is 1. The number of H-pyrrole nitrogens is 1. The van der Waals surface area contributed by atoms with Crippen LogP contribution in [0.1, 0.15) is 21.6 Å². The molecule has 0 saturated carbocycles. The lowest BCUT2D eigenvalue weighted by molar-refractivity contribution is 0.0690. The second kappa shape index (κ2) is 8.20. The third-order valence-electron chi connectivity index (χ3n) is 6.62. The number of rotatable bonds is 4. The van der Waals surface area contributed by atoms with Crippen LogP contribution in [-0.2, 0) is 7.05 Å². The summed E-state index contributed by atoms with van der Waals surface area (Å²) in [5, 5.41) is 11.0. The van der Waals surface area contributed by atoms with Gasteiger partial charge in [0.2, 0.25) is 0 Å². The summed E-state index contributed by atoms with van der Waals surface area (Å²) < 4.78 is 2.07. The molecule has 176 valence electrons. The molecule has 3 aromatic carbocycles. The van der Waals surface area contributed by atoms with Gasteiger partial charge in [0.05, 0.1) is 22.2 Å². The molecule has 6 rings (SSSR count). The number of para-hydroxylation sites is 2. The molecule has 36 heavy (non-hydrogen) atoms. The van der Waals surface area contributed by atoms with Gasteiger partial charge in [0.15, 0.2) is 0 Å². The van der Waals surface area contributed by atoms with Gasteiger partial charge in [-0.1, -0.05) is 53.6 Å². The van der Waals surface area contributed by atoms with Gasteiger partial charge in [0.25, 0.3) is 0 Å². The summed E-state index contributed by atoms with van der Waals surface area (Å²) in [6.07, 6.45) is 1.93. The van der Waals surface area contributed by atoms with E-state index in [1.54, 1.807) is 6.07 Å². The zero-order valence-corrected chi connectivity index (χ0v) is 20.2. The number of carbonyl (C=O) groups is 1. The van der Waals surface area contributed by atoms with Crippen LogP contribution < -0.4 is 0 Å². The first kappa shape index (κ1) is 21.8. The van der Waals surface area contributed by atoms with Crippen LogP contribution in [0.4, 0.5) is 0 Å². The highest BCUT2D eigenvalue weighted by molar-refractivity contribution is 5.98. The van der Waals surface area contributed by atoms with E-state index >= 15 is 0 Å². The molecular weight excluding hydrogens is 448 g/mol. The molecule has 2 N–H and O–H groups in total. The van der Waals surface area contributed by atoms with Crippen molar-refractivity contribution in [2.75, 3.05) is 0 Å². The number of benzene rings is 3. The topological polar surface area (TPSA) is 83.8 Å². The van der Waals surface area contributed by atoms with Crippen LogP contribution in [0.2, 0.25) is 0 Å². The summed E-state index contributed by atoms with van der Waals surface area (Å²) in [4.78, 5) is 24.9. The number of nitrogens with zero attached hydrogens (tertiary/aromatic N) is 3. The van der Waals surface area contributed by atoms with Crippen LogP contribution in [0.5, 0.6) is 0 Å². The van der Waals surface area contributed by atoms with Crippen molar-refractivity contribution in [2.24, 2.45) is 7.05 Å². The molecule has 0 fully saturated rings. The Kier molecular flexibility index (Phi) is 4.97. The van der Waals surface area contributed by atoms with E-state index in [-0.39, 0.29) is 5.69 Å². The fraction of sp³-hybridized carbons (Fsp3) is 0.100. The van der Waals surface area contributed by atoms with E-state index in [4.69, 9.17) is 4.98 Å². The second-order valence-corrected chi connectivity index (χ2v) is 9.22. The van der Waals surface area contributed by atoms with Crippen molar-refractivity contribution in [2.45, 2.75) is 13.8 Å². The average Bonchev–Trinajstić information content (AvgIpc) is 3.47. The fourth-order valence-electron chi connectivity index (χ4n) is 5.02. The Morgan fingerprint density at radius 3 is 2.36 bits per heavy atom. The highest BCUT2D eigenvalue weighted by Crippen LogP contribution is 2.35. The Balaban J connectivity index is 1.59. The molecule has 0 aliphatic heterocycles. The van der Waals surface area contributed by atoms with Crippen molar-refractivity contribution in [3.63, 3.8) is 0 Å². The molecule has 0 aliphatic rings. The quantitative estimate of drug-likeness (QED) is 0.297. The Bertz CT molecular complexity index is 1790. The highest BCUT2D eigenvalue weighted by atomic mass is 16.4. The number of aromatic carboxylic acids is 1. The number of nitrogens with one attached hydrogen (secondary N) is 1. The van der Waals surface area contributed by atoms with Gasteiger partial charge in [0, 0.05) is 29.8 Å². The van der Waals surface area contributed by atoms with Gasteiger partial charge in [-0.3, -0.25) is 0 Å². The monoisotopic (exact) mass is 472 g/mol. The molecule has 6 nitrogen and oxygen atoms in total. The van der Waals surface area contributed by atoms with Crippen molar-refractivity contribution < 1.29 is 9.90 Å². The predicted octanol–water partition coefficient (Wildman–Crippen LogP) is 6.77. The van der Waals surface area contributed by atoms with E-state index in [1.165, 1.54) is 0 Å². The molecule has 0 radical (unpaired) electrons. The average molecular weight is 473 g/mol. The van der Waals surface area contributed by atoms with Gasteiger partial charge in [0.1, 0.15) is 11.5 Å². The number of pyridine rings is 1. The van der Waals surface area contributed by atoms with E-state index in [2.05, 4.69) is 44.9 Å². The lowest BCUT2D eigenvalue weighted by Crippen LogP contribution is -2.02. The zero-order valence-electron chi connectivity index (χ0n) is 20.2. The minimum Gasteiger partial charge on any atom is -0.477 e. The summed E-state index contributed by atoms with van der Waals surface area (Å²) in [7, 11) is 2.00. The van der Waals surface area contributed by atoms with E-state index in [9.17, 15) is 9.90 Å². The Hall–Kier alpha value is -4.71. The SMILES string of the molecule is Cc1cc(C)cc(-c2cc(C(=O)O)nc(-c3cccc4c3nc(-c3cccc5cc[nH]c35)n4C)c2)c1. The normalized spacial score (nSPS) is 11.4. The molecule has 0 aliphatic carbocycles. The van der Waals surface area contributed by atoms with Crippen LogP contribution in [0.3, 0.4) is 0 Å². The van der Waals surface area contributed by atoms with Gasteiger partial charge >= 0.3 is 5.97 Å². The summed E-state index contributed by atoms with van der Waals surface area (Å²) in [5.41, 5.74) is 9.15. The number of carboxylic acids is 1. The standard InChI is InChI=1S/C30H24N4O2/c1-17-12-18(2)14-20(13-17)21-15-24(32-25(16-21)30(35)36)22-7-5-9-26-28(22)33-29(34(26)3)23-8-4-6-19-10-11-31-27(19)23/h4-16,31H,1-3H3,(H,35,36). The minimum absolute atomic E-state index is 0.00553. The molecule has 0 spiro atoms. The highest BCUT2D eigenvalue weighted by Gasteiger charge is 2.19. The number of carboxylic acid groups (broad SMARTS) is 1. The maximum atomic E-state index is 12.0. The van der Waals surface area contributed by atoms with Crippen molar-refractivity contribution in [1.29, 1.82) is 0 Å². The van der Waals surface area contributed by atoms with Crippen LogP contribution in [0.25, 0.3) is 55.7 Å². The third kappa shape index (κ3) is 3.55. The van der Waals surface area contributed by atoms with Crippen molar-refractivity contribution >= 4 is 27.9 Å². The largest absolute Gasteiger partial charge is 0.477 e. The summed E-state index contributed by atoms with van der Waals surface area (Å²) in [6.45, 7) is 4.08. The first-order chi connectivity index (χ1) is 17.4. The molecule has 0 amide bonds. The van der Waals surface area contributed by atoms with Gasteiger partial charge in [-0.05, 0) is 55.3 Å². The molecular formula is C30H24N4O2. The van der Waals surface area contributed by atoms with Gasteiger partial charge in [-0.25, -0.2) is 14.8 Å². The number of aromatic nitrogens is 4. The summed E-state index contributed by atoms with van der Waals surface area (Å²) in [5.74, 6) is -0.232. The van der Waals surface area contributed by atoms with E-state index in [0.29, 0.717) is 5.69 Å². The first-order valence-electron chi connectivity index (χ1n) is 11.8. The molecule has 0 saturated heterocycles. The summed E-state index contributed by atoms with van der Waals surface area (Å²) in [6, 6.07) is 24.0.